The molecule has 0 N–H and O–H groups in total. The fourth-order valence-corrected chi connectivity index (χ4v) is 4.39. The van der Waals surface area contributed by atoms with Crippen LogP contribution in [0.15, 0.2) is 59.8 Å². The van der Waals surface area contributed by atoms with E-state index in [1.54, 1.807) is 18.9 Å². The molecular formula is C21H23N3OS. The maximum Gasteiger partial charge on any atom is 0.191 e. The largest absolute Gasteiger partial charge is 0.497 e. The summed E-state index contributed by atoms with van der Waals surface area (Å²) < 4.78 is 7.58. The van der Waals surface area contributed by atoms with Gasteiger partial charge in [0.2, 0.25) is 0 Å². The van der Waals surface area contributed by atoms with Crippen LogP contribution < -0.4 is 4.74 Å². The molecule has 1 fully saturated rings. The molecule has 1 heterocycles. The van der Waals surface area contributed by atoms with Gasteiger partial charge in [-0.05, 0) is 42.5 Å². The molecule has 0 bridgehead atoms. The zero-order valence-corrected chi connectivity index (χ0v) is 15.9. The molecule has 4 rings (SSSR count). The molecule has 0 radical (unpaired) electrons. The molecular weight excluding hydrogens is 342 g/mol. The SMILES string of the molecule is CCn1c(SCc2cccc(OC)c2)nnc1C1CC1c1ccccc1. The van der Waals surface area contributed by atoms with Crippen molar-refractivity contribution in [3.63, 3.8) is 0 Å². The minimum absolute atomic E-state index is 0.496. The van der Waals surface area contributed by atoms with Crippen molar-refractivity contribution in [2.24, 2.45) is 0 Å². The van der Waals surface area contributed by atoms with Crippen molar-refractivity contribution in [3.05, 3.63) is 71.5 Å². The van der Waals surface area contributed by atoms with Gasteiger partial charge in [0.1, 0.15) is 11.6 Å². The van der Waals surface area contributed by atoms with Crippen molar-refractivity contribution in [3.8, 4) is 5.75 Å². The Bertz CT molecular complexity index is 878. The van der Waals surface area contributed by atoms with Crippen LogP contribution >= 0.6 is 11.8 Å². The van der Waals surface area contributed by atoms with Crippen LogP contribution in [0.25, 0.3) is 0 Å². The molecule has 0 spiro atoms. The molecule has 0 aliphatic heterocycles. The lowest BCUT2D eigenvalue weighted by atomic mass is 10.1. The van der Waals surface area contributed by atoms with E-state index < -0.39 is 0 Å². The highest BCUT2D eigenvalue weighted by Gasteiger charge is 2.43. The van der Waals surface area contributed by atoms with Crippen LogP contribution in [0.2, 0.25) is 0 Å². The average Bonchev–Trinajstić information content (AvgIpc) is 3.39. The van der Waals surface area contributed by atoms with Crippen molar-refractivity contribution < 1.29 is 4.74 Å². The molecule has 26 heavy (non-hydrogen) atoms. The minimum atomic E-state index is 0.496. The third-order valence-electron chi connectivity index (χ3n) is 4.91. The van der Waals surface area contributed by atoms with Crippen molar-refractivity contribution in [1.29, 1.82) is 0 Å². The second-order valence-electron chi connectivity index (χ2n) is 6.58. The van der Waals surface area contributed by atoms with E-state index in [1.807, 2.05) is 12.1 Å². The van der Waals surface area contributed by atoms with Gasteiger partial charge < -0.3 is 9.30 Å². The first-order chi connectivity index (χ1) is 12.8. The summed E-state index contributed by atoms with van der Waals surface area (Å²) in [5.74, 6) is 3.97. The maximum atomic E-state index is 5.31. The van der Waals surface area contributed by atoms with E-state index in [2.05, 4.69) is 64.2 Å². The standard InChI is InChI=1S/C21H23N3OS/c1-3-24-20(19-13-18(19)16-9-5-4-6-10-16)22-23-21(24)26-14-15-8-7-11-17(12-15)25-2/h4-12,18-19H,3,13-14H2,1-2H3. The highest BCUT2D eigenvalue weighted by Crippen LogP contribution is 2.54. The first kappa shape index (κ1) is 17.2. The van der Waals surface area contributed by atoms with Crippen molar-refractivity contribution in [2.45, 2.75) is 42.6 Å². The van der Waals surface area contributed by atoms with Crippen molar-refractivity contribution >= 4 is 11.8 Å². The predicted molar refractivity (Wildman–Crippen MR) is 105 cm³/mol. The molecule has 0 saturated heterocycles. The zero-order chi connectivity index (χ0) is 17.9. The van der Waals surface area contributed by atoms with Gasteiger partial charge in [-0.2, -0.15) is 0 Å². The molecule has 4 nitrogen and oxygen atoms in total. The molecule has 1 aromatic heterocycles. The number of benzene rings is 2. The Labute approximate surface area is 158 Å². The van der Waals surface area contributed by atoms with Crippen molar-refractivity contribution in [1.82, 2.24) is 14.8 Å². The van der Waals surface area contributed by atoms with Crippen LogP contribution in [-0.4, -0.2) is 21.9 Å². The molecule has 1 saturated carbocycles. The summed E-state index contributed by atoms with van der Waals surface area (Å²) in [6.45, 7) is 3.07. The number of thioether (sulfide) groups is 1. The van der Waals surface area contributed by atoms with E-state index in [1.165, 1.54) is 17.5 Å². The first-order valence-electron chi connectivity index (χ1n) is 9.04. The lowest BCUT2D eigenvalue weighted by molar-refractivity contribution is 0.414. The number of rotatable bonds is 7. The van der Waals surface area contributed by atoms with Gasteiger partial charge in [-0.1, -0.05) is 54.2 Å². The lowest BCUT2D eigenvalue weighted by Crippen LogP contribution is -2.03. The van der Waals surface area contributed by atoms with E-state index in [-0.39, 0.29) is 0 Å². The summed E-state index contributed by atoms with van der Waals surface area (Å²) >= 11 is 1.74. The van der Waals surface area contributed by atoms with Crippen LogP contribution in [-0.2, 0) is 12.3 Å². The highest BCUT2D eigenvalue weighted by atomic mass is 32.2. The zero-order valence-electron chi connectivity index (χ0n) is 15.1. The molecule has 2 unspecified atom stereocenters. The topological polar surface area (TPSA) is 39.9 Å². The number of aromatic nitrogens is 3. The van der Waals surface area contributed by atoms with Gasteiger partial charge in [0.15, 0.2) is 5.16 Å². The minimum Gasteiger partial charge on any atom is -0.497 e. The fourth-order valence-electron chi connectivity index (χ4n) is 3.44. The van der Waals surface area contributed by atoms with Gasteiger partial charge in [-0.3, -0.25) is 0 Å². The first-order valence-corrected chi connectivity index (χ1v) is 10.0. The molecule has 0 amide bonds. The van der Waals surface area contributed by atoms with Crippen LogP contribution in [0.3, 0.4) is 0 Å². The second-order valence-corrected chi connectivity index (χ2v) is 7.53. The Kier molecular flexibility index (Phi) is 4.98. The number of methoxy groups -OCH3 is 1. The van der Waals surface area contributed by atoms with Crippen LogP contribution in [0.1, 0.15) is 42.1 Å². The normalized spacial score (nSPS) is 18.7. The molecule has 1 aliphatic rings. The Morgan fingerprint density at radius 3 is 2.69 bits per heavy atom. The summed E-state index contributed by atoms with van der Waals surface area (Å²) in [7, 11) is 1.70. The summed E-state index contributed by atoms with van der Waals surface area (Å²) in [4.78, 5) is 0. The molecule has 2 aromatic carbocycles. The maximum absolute atomic E-state index is 5.31. The fraction of sp³-hybridized carbons (Fsp3) is 0.333. The average molecular weight is 366 g/mol. The van der Waals surface area contributed by atoms with Crippen LogP contribution in [0.5, 0.6) is 5.75 Å². The van der Waals surface area contributed by atoms with E-state index in [0.29, 0.717) is 11.8 Å². The van der Waals surface area contributed by atoms with Crippen LogP contribution in [0, 0.1) is 0 Å². The van der Waals surface area contributed by atoms with E-state index in [4.69, 9.17) is 4.74 Å². The lowest BCUT2D eigenvalue weighted by Gasteiger charge is -2.08. The number of ether oxygens (including phenoxy) is 1. The van der Waals surface area contributed by atoms with Gasteiger partial charge in [0.25, 0.3) is 0 Å². The monoisotopic (exact) mass is 365 g/mol. The summed E-state index contributed by atoms with van der Waals surface area (Å²) in [6.07, 6.45) is 1.17. The third kappa shape index (κ3) is 3.49. The number of hydrogen-bond acceptors (Lipinski definition) is 4. The molecule has 2 atom stereocenters. The quantitative estimate of drug-likeness (QED) is 0.560. The summed E-state index contributed by atoms with van der Waals surface area (Å²) in [6, 6.07) is 18.9. The second kappa shape index (κ2) is 7.54. The third-order valence-corrected chi connectivity index (χ3v) is 5.95. The van der Waals surface area contributed by atoms with Crippen molar-refractivity contribution in [2.75, 3.05) is 7.11 Å². The summed E-state index contributed by atoms with van der Waals surface area (Å²) in [5.41, 5.74) is 2.64. The molecule has 134 valence electrons. The van der Waals surface area contributed by atoms with Gasteiger partial charge in [0.05, 0.1) is 7.11 Å². The van der Waals surface area contributed by atoms with Gasteiger partial charge in [0, 0.05) is 18.2 Å². The Morgan fingerprint density at radius 2 is 1.92 bits per heavy atom. The number of nitrogens with zero attached hydrogens (tertiary/aromatic N) is 3. The van der Waals surface area contributed by atoms with Crippen LogP contribution in [0.4, 0.5) is 0 Å². The van der Waals surface area contributed by atoms with E-state index >= 15 is 0 Å². The van der Waals surface area contributed by atoms with E-state index in [9.17, 15) is 0 Å². The number of hydrogen-bond donors (Lipinski definition) is 0. The van der Waals surface area contributed by atoms with Gasteiger partial charge in [-0.25, -0.2) is 0 Å². The Balaban J connectivity index is 1.47. The van der Waals surface area contributed by atoms with E-state index in [0.717, 1.165) is 29.0 Å². The highest BCUT2D eigenvalue weighted by molar-refractivity contribution is 7.98. The Hall–Kier alpha value is -2.27. The molecule has 3 aromatic rings. The molecule has 5 heteroatoms. The van der Waals surface area contributed by atoms with Gasteiger partial charge in [-0.15, -0.1) is 10.2 Å². The summed E-state index contributed by atoms with van der Waals surface area (Å²) in [5, 5.41) is 10.0. The Morgan fingerprint density at radius 1 is 1.08 bits per heavy atom. The predicted octanol–water partition coefficient (Wildman–Crippen LogP) is 4.87. The smallest absolute Gasteiger partial charge is 0.191 e. The molecule has 1 aliphatic carbocycles. The van der Waals surface area contributed by atoms with Gasteiger partial charge >= 0.3 is 0 Å².